The highest BCUT2D eigenvalue weighted by molar-refractivity contribution is 4.79. The molecule has 0 aromatic carbocycles. The summed E-state index contributed by atoms with van der Waals surface area (Å²) < 4.78 is 5.32. The standard InChI is InChI=1S/C8H18O4/c1-7(2,4-9)12-8(3,5-10)6-11/h9-11H,4-6H2,1-3H3. The van der Waals surface area contributed by atoms with Crippen LogP contribution in [0, 0.1) is 0 Å². The maximum absolute atomic E-state index is 8.88. The third kappa shape index (κ3) is 3.49. The Morgan fingerprint density at radius 2 is 1.33 bits per heavy atom. The van der Waals surface area contributed by atoms with Gasteiger partial charge in [-0.15, -0.1) is 0 Å². The predicted octanol–water partition coefficient (Wildman–Crippen LogP) is -0.483. The molecule has 0 bridgehead atoms. The fraction of sp³-hybridized carbons (Fsp3) is 1.00. The Labute approximate surface area is 72.8 Å². The number of rotatable bonds is 5. The quantitative estimate of drug-likeness (QED) is 0.531. The maximum Gasteiger partial charge on any atom is 0.112 e. The Morgan fingerprint density at radius 3 is 1.58 bits per heavy atom. The molecule has 0 aliphatic carbocycles. The van der Waals surface area contributed by atoms with Gasteiger partial charge in [0, 0.05) is 0 Å². The molecule has 0 spiro atoms. The van der Waals surface area contributed by atoms with Crippen LogP contribution >= 0.6 is 0 Å². The van der Waals surface area contributed by atoms with E-state index in [0.29, 0.717) is 0 Å². The first-order chi connectivity index (χ1) is 5.39. The molecule has 0 atom stereocenters. The zero-order valence-corrected chi connectivity index (χ0v) is 7.87. The van der Waals surface area contributed by atoms with Crippen molar-refractivity contribution in [3.8, 4) is 0 Å². The van der Waals surface area contributed by atoms with E-state index in [-0.39, 0.29) is 19.8 Å². The van der Waals surface area contributed by atoms with Crippen LogP contribution in [-0.2, 0) is 4.74 Å². The molecule has 4 nitrogen and oxygen atoms in total. The molecule has 4 heteroatoms. The van der Waals surface area contributed by atoms with E-state index in [1.165, 1.54) is 0 Å². The Balaban J connectivity index is 4.20. The first kappa shape index (κ1) is 11.8. The van der Waals surface area contributed by atoms with Crippen molar-refractivity contribution >= 4 is 0 Å². The van der Waals surface area contributed by atoms with Crippen LogP contribution in [0.3, 0.4) is 0 Å². The molecule has 12 heavy (non-hydrogen) atoms. The smallest absolute Gasteiger partial charge is 0.112 e. The molecular weight excluding hydrogens is 160 g/mol. The lowest BCUT2D eigenvalue weighted by Gasteiger charge is -2.34. The van der Waals surface area contributed by atoms with E-state index in [2.05, 4.69) is 0 Å². The van der Waals surface area contributed by atoms with Gasteiger partial charge in [-0.1, -0.05) is 0 Å². The van der Waals surface area contributed by atoms with Crippen LogP contribution in [0.4, 0.5) is 0 Å². The predicted molar refractivity (Wildman–Crippen MR) is 44.8 cm³/mol. The molecule has 0 radical (unpaired) electrons. The molecule has 0 aliphatic rings. The molecule has 0 aromatic rings. The summed E-state index contributed by atoms with van der Waals surface area (Å²) in [6.45, 7) is 4.28. The highest BCUT2D eigenvalue weighted by Crippen LogP contribution is 2.19. The Kier molecular flexibility index (Phi) is 4.13. The number of aliphatic hydroxyl groups is 3. The summed E-state index contributed by atoms with van der Waals surface area (Å²) >= 11 is 0. The van der Waals surface area contributed by atoms with Gasteiger partial charge < -0.3 is 20.1 Å². The SMILES string of the molecule is CC(C)(CO)OC(C)(CO)CO. The van der Waals surface area contributed by atoms with Crippen molar-refractivity contribution in [3.63, 3.8) is 0 Å². The molecule has 0 saturated carbocycles. The minimum Gasteiger partial charge on any atom is -0.393 e. The minimum atomic E-state index is -0.980. The highest BCUT2D eigenvalue weighted by Gasteiger charge is 2.31. The van der Waals surface area contributed by atoms with Crippen molar-refractivity contribution in [2.75, 3.05) is 19.8 Å². The molecule has 0 rings (SSSR count). The lowest BCUT2D eigenvalue weighted by atomic mass is 10.1. The van der Waals surface area contributed by atoms with E-state index in [0.717, 1.165) is 0 Å². The van der Waals surface area contributed by atoms with Crippen molar-refractivity contribution in [2.45, 2.75) is 32.0 Å². The van der Waals surface area contributed by atoms with Gasteiger partial charge in [0.25, 0.3) is 0 Å². The summed E-state index contributed by atoms with van der Waals surface area (Å²) in [5, 5.41) is 26.6. The van der Waals surface area contributed by atoms with E-state index in [1.807, 2.05) is 0 Å². The molecule has 0 fully saturated rings. The van der Waals surface area contributed by atoms with E-state index in [4.69, 9.17) is 20.1 Å². The molecule has 3 N–H and O–H groups in total. The third-order valence-electron chi connectivity index (χ3n) is 1.57. The maximum atomic E-state index is 8.88. The molecule has 0 aliphatic heterocycles. The van der Waals surface area contributed by atoms with Gasteiger partial charge in [-0.05, 0) is 20.8 Å². The van der Waals surface area contributed by atoms with Gasteiger partial charge >= 0.3 is 0 Å². The van der Waals surface area contributed by atoms with Gasteiger partial charge in [-0.2, -0.15) is 0 Å². The van der Waals surface area contributed by atoms with Crippen LogP contribution in [0.25, 0.3) is 0 Å². The van der Waals surface area contributed by atoms with E-state index in [1.54, 1.807) is 20.8 Å². The summed E-state index contributed by atoms with van der Waals surface area (Å²) in [5.74, 6) is 0. The lowest BCUT2D eigenvalue weighted by Crippen LogP contribution is -2.46. The topological polar surface area (TPSA) is 69.9 Å². The molecule has 0 unspecified atom stereocenters. The number of aliphatic hydroxyl groups excluding tert-OH is 3. The normalized spacial score (nSPS) is 13.5. The molecule has 0 aromatic heterocycles. The first-order valence-electron chi connectivity index (χ1n) is 3.92. The largest absolute Gasteiger partial charge is 0.393 e. The second-order valence-electron chi connectivity index (χ2n) is 3.79. The van der Waals surface area contributed by atoms with Crippen molar-refractivity contribution < 1.29 is 20.1 Å². The minimum absolute atomic E-state index is 0.150. The average Bonchev–Trinajstić information content (AvgIpc) is 2.04. The van der Waals surface area contributed by atoms with Crippen LogP contribution in [0.15, 0.2) is 0 Å². The summed E-state index contributed by atoms with van der Waals surface area (Å²) in [6.07, 6.45) is 0. The summed E-state index contributed by atoms with van der Waals surface area (Å²) in [4.78, 5) is 0. The summed E-state index contributed by atoms with van der Waals surface area (Å²) in [7, 11) is 0. The van der Waals surface area contributed by atoms with Gasteiger partial charge in [0.2, 0.25) is 0 Å². The van der Waals surface area contributed by atoms with Gasteiger partial charge in [0.1, 0.15) is 5.60 Å². The average molecular weight is 178 g/mol. The van der Waals surface area contributed by atoms with Crippen LogP contribution in [-0.4, -0.2) is 46.3 Å². The van der Waals surface area contributed by atoms with Gasteiger partial charge in [0.05, 0.1) is 25.4 Å². The van der Waals surface area contributed by atoms with Crippen molar-refractivity contribution in [1.29, 1.82) is 0 Å². The third-order valence-corrected chi connectivity index (χ3v) is 1.57. The van der Waals surface area contributed by atoms with Crippen LogP contribution in [0.1, 0.15) is 20.8 Å². The highest BCUT2D eigenvalue weighted by atomic mass is 16.5. The molecule has 0 saturated heterocycles. The monoisotopic (exact) mass is 178 g/mol. The van der Waals surface area contributed by atoms with Crippen molar-refractivity contribution in [3.05, 3.63) is 0 Å². The van der Waals surface area contributed by atoms with E-state index >= 15 is 0 Å². The fourth-order valence-electron chi connectivity index (χ4n) is 0.814. The number of hydrogen-bond acceptors (Lipinski definition) is 4. The molecule has 0 amide bonds. The fourth-order valence-corrected chi connectivity index (χ4v) is 0.814. The summed E-state index contributed by atoms with van der Waals surface area (Å²) in [5.41, 5.74) is -1.72. The number of ether oxygens (including phenoxy) is 1. The van der Waals surface area contributed by atoms with Crippen LogP contribution in [0.5, 0.6) is 0 Å². The molecular formula is C8H18O4. The van der Waals surface area contributed by atoms with Crippen LogP contribution < -0.4 is 0 Å². The Bertz CT molecular complexity index is 129. The van der Waals surface area contributed by atoms with Crippen molar-refractivity contribution in [2.24, 2.45) is 0 Å². The second-order valence-corrected chi connectivity index (χ2v) is 3.79. The molecule has 74 valence electrons. The van der Waals surface area contributed by atoms with Gasteiger partial charge in [-0.25, -0.2) is 0 Å². The Morgan fingerprint density at radius 1 is 0.917 bits per heavy atom. The van der Waals surface area contributed by atoms with Gasteiger partial charge in [0.15, 0.2) is 0 Å². The van der Waals surface area contributed by atoms with Gasteiger partial charge in [-0.3, -0.25) is 0 Å². The first-order valence-corrected chi connectivity index (χ1v) is 3.92. The van der Waals surface area contributed by atoms with E-state index in [9.17, 15) is 0 Å². The number of hydrogen-bond donors (Lipinski definition) is 3. The van der Waals surface area contributed by atoms with E-state index < -0.39 is 11.2 Å². The molecule has 0 heterocycles. The van der Waals surface area contributed by atoms with Crippen LogP contribution in [0.2, 0.25) is 0 Å². The lowest BCUT2D eigenvalue weighted by molar-refractivity contribution is -0.181. The Hall–Kier alpha value is -0.160. The second kappa shape index (κ2) is 4.18. The summed E-state index contributed by atoms with van der Waals surface area (Å²) in [6, 6.07) is 0. The zero-order valence-electron chi connectivity index (χ0n) is 7.87. The van der Waals surface area contributed by atoms with Crippen molar-refractivity contribution in [1.82, 2.24) is 0 Å². The zero-order chi connectivity index (χ0) is 9.83.